The summed E-state index contributed by atoms with van der Waals surface area (Å²) < 4.78 is 9.90. The van der Waals surface area contributed by atoms with Gasteiger partial charge < -0.3 is 14.6 Å². The smallest absolute Gasteiger partial charge is 0.333 e. The molecule has 0 aliphatic carbocycles. The van der Waals surface area contributed by atoms with E-state index in [1.165, 1.54) is 57.9 Å². The third-order valence-corrected chi connectivity index (χ3v) is 4.96. The van der Waals surface area contributed by atoms with Crippen molar-refractivity contribution in [2.45, 2.75) is 96.9 Å². The van der Waals surface area contributed by atoms with Crippen molar-refractivity contribution >= 4 is 11.9 Å². The van der Waals surface area contributed by atoms with E-state index in [-0.39, 0.29) is 0 Å². The summed E-state index contributed by atoms with van der Waals surface area (Å²) in [6, 6.07) is 12.0. The van der Waals surface area contributed by atoms with Gasteiger partial charge in [-0.2, -0.15) is 0 Å². The van der Waals surface area contributed by atoms with Crippen LogP contribution in [0.1, 0.15) is 84.5 Å². The molecule has 30 heavy (non-hydrogen) atoms. The minimum absolute atomic E-state index is 0.353. The van der Waals surface area contributed by atoms with E-state index >= 15 is 0 Å². The third kappa shape index (κ3) is 12.4. The van der Waals surface area contributed by atoms with Crippen molar-refractivity contribution in [1.82, 2.24) is 0 Å². The number of esters is 2. The van der Waals surface area contributed by atoms with E-state index in [4.69, 9.17) is 4.74 Å². The lowest BCUT2D eigenvalue weighted by Gasteiger charge is -2.19. The maximum atomic E-state index is 11.2. The summed E-state index contributed by atoms with van der Waals surface area (Å²) in [5.41, 5.74) is 0.353. The zero-order chi connectivity index (χ0) is 22.0. The Hall–Kier alpha value is -2.14. The molecule has 5 nitrogen and oxygen atoms in total. The van der Waals surface area contributed by atoms with Crippen LogP contribution in [0.3, 0.4) is 0 Å². The second-order valence-electron chi connectivity index (χ2n) is 7.66. The van der Waals surface area contributed by atoms with Gasteiger partial charge in [-0.05, 0) is 12.8 Å². The summed E-state index contributed by atoms with van der Waals surface area (Å²) in [6.45, 7) is 3.56. The number of aliphatic hydroxyl groups excluding tert-OH is 1. The largest absolute Gasteiger partial charge is 0.458 e. The molecule has 0 spiro atoms. The number of benzene rings is 1. The molecule has 0 aromatic heterocycles. The van der Waals surface area contributed by atoms with Gasteiger partial charge in [0.05, 0.1) is 0 Å². The molecule has 1 aromatic carbocycles. The van der Waals surface area contributed by atoms with Crippen molar-refractivity contribution in [3.8, 4) is 0 Å². The van der Waals surface area contributed by atoms with Gasteiger partial charge in [-0.15, -0.1) is 0 Å². The highest BCUT2D eigenvalue weighted by Crippen LogP contribution is 2.24. The van der Waals surface area contributed by atoms with Gasteiger partial charge >= 0.3 is 11.9 Å². The fourth-order valence-corrected chi connectivity index (χ4v) is 3.37. The van der Waals surface area contributed by atoms with Gasteiger partial charge in [0.1, 0.15) is 6.10 Å². The number of aliphatic hydroxyl groups is 1. The fourth-order valence-electron chi connectivity index (χ4n) is 3.37. The highest BCUT2D eigenvalue weighted by Gasteiger charge is 2.31. The Bertz CT molecular complexity index is 585. The van der Waals surface area contributed by atoms with Crippen molar-refractivity contribution in [2.24, 2.45) is 0 Å². The van der Waals surface area contributed by atoms with E-state index < -0.39 is 24.3 Å². The number of hydrogen-bond donors (Lipinski definition) is 1. The van der Waals surface area contributed by atoms with Gasteiger partial charge in [-0.3, -0.25) is 4.79 Å². The standard InChI is InChI=1S/C19H32O5.C6H6/c1-3-4-5-6-7-8-9-10-11-12-13-17(23-15(2)20)16-14-18(21)24-19(16)22;1-2-4-6-5-3-1/h14,17,19,22H,3-13H2,1-2H3;1-6H. The third-order valence-electron chi connectivity index (χ3n) is 4.96. The molecule has 0 amide bonds. The van der Waals surface area contributed by atoms with Gasteiger partial charge in [0.25, 0.3) is 0 Å². The average molecular weight is 419 g/mol. The van der Waals surface area contributed by atoms with Crippen LogP contribution in [0.25, 0.3) is 0 Å². The summed E-state index contributed by atoms with van der Waals surface area (Å²) >= 11 is 0. The normalized spacial score (nSPS) is 16.2. The molecule has 5 heteroatoms. The Morgan fingerprint density at radius 3 is 1.80 bits per heavy atom. The number of cyclic esters (lactones) is 1. The highest BCUT2D eigenvalue weighted by atomic mass is 16.6. The van der Waals surface area contributed by atoms with Crippen LogP contribution >= 0.6 is 0 Å². The second kappa shape index (κ2) is 16.6. The Kier molecular flexibility index (Phi) is 14.4. The minimum atomic E-state index is -1.29. The first-order valence-corrected chi connectivity index (χ1v) is 11.3. The lowest BCUT2D eigenvalue weighted by atomic mass is 10.0. The molecular weight excluding hydrogens is 380 g/mol. The van der Waals surface area contributed by atoms with Crippen molar-refractivity contribution in [2.75, 3.05) is 0 Å². The van der Waals surface area contributed by atoms with E-state index in [2.05, 4.69) is 11.7 Å². The maximum absolute atomic E-state index is 11.2. The summed E-state index contributed by atoms with van der Waals surface area (Å²) in [7, 11) is 0. The van der Waals surface area contributed by atoms with Crippen LogP contribution in [0.2, 0.25) is 0 Å². The van der Waals surface area contributed by atoms with Crippen LogP contribution in [0, 0.1) is 0 Å². The molecule has 2 atom stereocenters. The molecule has 0 fully saturated rings. The van der Waals surface area contributed by atoms with E-state index in [1.807, 2.05) is 36.4 Å². The Balaban J connectivity index is 0.000000637. The van der Waals surface area contributed by atoms with Gasteiger partial charge in [0.15, 0.2) is 0 Å². The number of hydrogen-bond acceptors (Lipinski definition) is 5. The molecule has 2 rings (SSSR count). The highest BCUT2D eigenvalue weighted by molar-refractivity contribution is 5.86. The summed E-state index contributed by atoms with van der Waals surface area (Å²) in [5.74, 6) is -1.00. The first-order chi connectivity index (χ1) is 14.5. The van der Waals surface area contributed by atoms with Crippen LogP contribution in [-0.4, -0.2) is 29.4 Å². The quantitative estimate of drug-likeness (QED) is 0.328. The molecule has 1 aromatic rings. The Morgan fingerprint density at radius 1 is 0.933 bits per heavy atom. The first kappa shape index (κ1) is 25.9. The van der Waals surface area contributed by atoms with Gasteiger partial charge in [0, 0.05) is 18.6 Å². The van der Waals surface area contributed by atoms with Crippen molar-refractivity contribution in [3.63, 3.8) is 0 Å². The number of carbonyl (C=O) groups is 2. The van der Waals surface area contributed by atoms with E-state index in [0.29, 0.717) is 12.0 Å². The van der Waals surface area contributed by atoms with E-state index in [9.17, 15) is 14.7 Å². The van der Waals surface area contributed by atoms with Gasteiger partial charge in [0.2, 0.25) is 6.29 Å². The molecule has 2 unspecified atom stereocenters. The van der Waals surface area contributed by atoms with E-state index in [1.54, 1.807) is 0 Å². The zero-order valence-corrected chi connectivity index (χ0v) is 18.6. The molecule has 0 saturated carbocycles. The van der Waals surface area contributed by atoms with Crippen LogP contribution in [-0.2, 0) is 19.1 Å². The predicted molar refractivity (Wildman–Crippen MR) is 119 cm³/mol. The van der Waals surface area contributed by atoms with Gasteiger partial charge in [-0.1, -0.05) is 101 Å². The number of carbonyl (C=O) groups excluding carboxylic acids is 2. The van der Waals surface area contributed by atoms with Gasteiger partial charge in [-0.25, -0.2) is 4.79 Å². The molecule has 168 valence electrons. The summed E-state index contributed by atoms with van der Waals surface area (Å²) in [6.07, 6.45) is 12.2. The lowest BCUT2D eigenvalue weighted by Crippen LogP contribution is -2.25. The summed E-state index contributed by atoms with van der Waals surface area (Å²) in [4.78, 5) is 22.4. The predicted octanol–water partition coefficient (Wildman–Crippen LogP) is 5.72. The minimum Gasteiger partial charge on any atom is -0.458 e. The molecule has 0 saturated heterocycles. The van der Waals surface area contributed by atoms with E-state index in [0.717, 1.165) is 19.3 Å². The first-order valence-electron chi connectivity index (χ1n) is 11.3. The topological polar surface area (TPSA) is 72.8 Å². The second-order valence-corrected chi connectivity index (χ2v) is 7.66. The molecule has 1 aliphatic heterocycles. The molecule has 1 aliphatic rings. The number of unbranched alkanes of at least 4 members (excludes halogenated alkanes) is 9. The van der Waals surface area contributed by atoms with Crippen molar-refractivity contribution in [1.29, 1.82) is 0 Å². The molecular formula is C25H38O5. The van der Waals surface area contributed by atoms with Crippen LogP contribution in [0.15, 0.2) is 48.0 Å². The maximum Gasteiger partial charge on any atom is 0.333 e. The summed E-state index contributed by atoms with van der Waals surface area (Å²) in [5, 5.41) is 9.70. The molecule has 0 bridgehead atoms. The zero-order valence-electron chi connectivity index (χ0n) is 18.6. The molecule has 0 radical (unpaired) electrons. The fraction of sp³-hybridized carbons (Fsp3) is 0.600. The van der Waals surface area contributed by atoms with Crippen LogP contribution < -0.4 is 0 Å². The monoisotopic (exact) mass is 418 g/mol. The Labute approximate surface area is 181 Å². The Morgan fingerprint density at radius 2 is 1.40 bits per heavy atom. The van der Waals surface area contributed by atoms with Crippen LogP contribution in [0.5, 0.6) is 0 Å². The van der Waals surface area contributed by atoms with Crippen LogP contribution in [0.4, 0.5) is 0 Å². The SMILES string of the molecule is CCCCCCCCCCCCC(OC(C)=O)C1=CC(=O)OC1O.c1ccccc1. The lowest BCUT2D eigenvalue weighted by molar-refractivity contribution is -0.153. The molecule has 1 N–H and O–H groups in total. The molecule has 1 heterocycles. The number of rotatable bonds is 13. The van der Waals surface area contributed by atoms with Crippen molar-refractivity contribution in [3.05, 3.63) is 48.0 Å². The number of ether oxygens (including phenoxy) is 2. The van der Waals surface area contributed by atoms with Crippen molar-refractivity contribution < 1.29 is 24.2 Å². The average Bonchev–Trinajstić information content (AvgIpc) is 3.08.